The summed E-state index contributed by atoms with van der Waals surface area (Å²) in [5, 5.41) is 6.56. The van der Waals surface area contributed by atoms with Crippen molar-refractivity contribution in [3.63, 3.8) is 0 Å². The van der Waals surface area contributed by atoms with Crippen molar-refractivity contribution in [2.75, 3.05) is 40.0 Å². The van der Waals surface area contributed by atoms with E-state index in [4.69, 9.17) is 0 Å². The standard InChI is InChI=1S/C18H32N4O2S.HI/c1-6-7-11-22(4)12-10-20-18(19-3)21-14-16-8-9-17(15(2)13-16)25(5,23)24;/h8-9,13H,6-7,10-12,14H2,1-5H3,(H2,19,20,21);1H. The monoisotopic (exact) mass is 496 g/mol. The summed E-state index contributed by atoms with van der Waals surface area (Å²) in [7, 11) is 0.694. The fourth-order valence-corrected chi connectivity index (χ4v) is 3.51. The van der Waals surface area contributed by atoms with Gasteiger partial charge in [-0.1, -0.05) is 25.5 Å². The molecule has 0 fully saturated rings. The van der Waals surface area contributed by atoms with Crippen LogP contribution >= 0.6 is 24.0 Å². The smallest absolute Gasteiger partial charge is 0.191 e. The van der Waals surface area contributed by atoms with E-state index in [0.717, 1.165) is 36.7 Å². The van der Waals surface area contributed by atoms with Crippen LogP contribution < -0.4 is 10.6 Å². The number of rotatable bonds is 9. The maximum absolute atomic E-state index is 11.7. The minimum absolute atomic E-state index is 0. The molecule has 0 heterocycles. The first kappa shape index (κ1) is 25.1. The molecule has 0 aromatic heterocycles. The number of aryl methyl sites for hydroxylation is 1. The molecule has 1 rings (SSSR count). The Morgan fingerprint density at radius 3 is 2.46 bits per heavy atom. The number of nitrogens with zero attached hydrogens (tertiary/aromatic N) is 2. The van der Waals surface area contributed by atoms with Crippen molar-refractivity contribution in [1.29, 1.82) is 0 Å². The van der Waals surface area contributed by atoms with Crippen LogP contribution in [0.3, 0.4) is 0 Å². The molecule has 0 amide bonds. The van der Waals surface area contributed by atoms with Gasteiger partial charge in [0.25, 0.3) is 0 Å². The zero-order valence-electron chi connectivity index (χ0n) is 16.5. The van der Waals surface area contributed by atoms with Crippen molar-refractivity contribution in [3.8, 4) is 0 Å². The van der Waals surface area contributed by atoms with Gasteiger partial charge in [-0.2, -0.15) is 0 Å². The highest BCUT2D eigenvalue weighted by atomic mass is 127. The molecule has 0 radical (unpaired) electrons. The van der Waals surface area contributed by atoms with Crippen LogP contribution in [0.25, 0.3) is 0 Å². The summed E-state index contributed by atoms with van der Waals surface area (Å²) in [6.45, 7) is 7.50. The third kappa shape index (κ3) is 9.18. The number of hydrogen-bond donors (Lipinski definition) is 2. The van der Waals surface area contributed by atoms with Gasteiger partial charge in [0.2, 0.25) is 0 Å². The van der Waals surface area contributed by atoms with E-state index in [1.807, 2.05) is 19.1 Å². The predicted molar refractivity (Wildman–Crippen MR) is 120 cm³/mol. The van der Waals surface area contributed by atoms with E-state index in [1.165, 1.54) is 19.1 Å². The summed E-state index contributed by atoms with van der Waals surface area (Å²) in [4.78, 5) is 6.91. The van der Waals surface area contributed by atoms with Crippen molar-refractivity contribution < 1.29 is 8.42 Å². The van der Waals surface area contributed by atoms with E-state index in [-0.39, 0.29) is 24.0 Å². The summed E-state index contributed by atoms with van der Waals surface area (Å²) in [5.74, 6) is 0.744. The van der Waals surface area contributed by atoms with Gasteiger partial charge in [-0.15, -0.1) is 24.0 Å². The minimum Gasteiger partial charge on any atom is -0.355 e. The molecule has 0 saturated heterocycles. The fraction of sp³-hybridized carbons (Fsp3) is 0.611. The van der Waals surface area contributed by atoms with E-state index < -0.39 is 9.84 Å². The molecule has 6 nitrogen and oxygen atoms in total. The van der Waals surface area contributed by atoms with E-state index in [2.05, 4.69) is 34.5 Å². The lowest BCUT2D eigenvalue weighted by atomic mass is 10.1. The lowest BCUT2D eigenvalue weighted by molar-refractivity contribution is 0.332. The molecule has 0 unspecified atom stereocenters. The van der Waals surface area contributed by atoms with Crippen LogP contribution in [-0.2, 0) is 16.4 Å². The molecule has 0 spiro atoms. The Morgan fingerprint density at radius 1 is 1.23 bits per heavy atom. The molecule has 0 bridgehead atoms. The van der Waals surface area contributed by atoms with Gasteiger partial charge in [-0.05, 0) is 44.1 Å². The molecule has 8 heteroatoms. The first-order valence-electron chi connectivity index (χ1n) is 8.70. The molecule has 0 saturated carbocycles. The van der Waals surface area contributed by atoms with Gasteiger partial charge >= 0.3 is 0 Å². The zero-order valence-corrected chi connectivity index (χ0v) is 19.6. The number of unbranched alkanes of at least 4 members (excludes halogenated alkanes) is 1. The summed E-state index contributed by atoms with van der Waals surface area (Å²) < 4.78 is 23.3. The highest BCUT2D eigenvalue weighted by molar-refractivity contribution is 14.0. The number of hydrogen-bond acceptors (Lipinski definition) is 4. The van der Waals surface area contributed by atoms with Gasteiger partial charge < -0.3 is 15.5 Å². The van der Waals surface area contributed by atoms with E-state index in [0.29, 0.717) is 11.4 Å². The number of halogens is 1. The van der Waals surface area contributed by atoms with Crippen molar-refractivity contribution in [2.24, 2.45) is 4.99 Å². The second-order valence-corrected chi connectivity index (χ2v) is 8.37. The highest BCUT2D eigenvalue weighted by Gasteiger charge is 2.11. The van der Waals surface area contributed by atoms with Crippen LogP contribution in [0.5, 0.6) is 0 Å². The van der Waals surface area contributed by atoms with Crippen molar-refractivity contribution in [1.82, 2.24) is 15.5 Å². The van der Waals surface area contributed by atoms with Crippen molar-refractivity contribution >= 4 is 39.8 Å². The normalized spacial score (nSPS) is 12.0. The van der Waals surface area contributed by atoms with Gasteiger partial charge in [-0.25, -0.2) is 8.42 Å². The second kappa shape index (κ2) is 12.5. The number of likely N-dealkylation sites (N-methyl/N-ethyl adjacent to an activating group) is 1. The number of benzene rings is 1. The molecular weight excluding hydrogens is 463 g/mol. The largest absolute Gasteiger partial charge is 0.355 e. The average molecular weight is 496 g/mol. The summed E-state index contributed by atoms with van der Waals surface area (Å²) in [6.07, 6.45) is 3.65. The van der Waals surface area contributed by atoms with E-state index >= 15 is 0 Å². The highest BCUT2D eigenvalue weighted by Crippen LogP contribution is 2.16. The molecule has 0 atom stereocenters. The van der Waals surface area contributed by atoms with Gasteiger partial charge in [-0.3, -0.25) is 4.99 Å². The summed E-state index contributed by atoms with van der Waals surface area (Å²) in [6, 6.07) is 5.40. The van der Waals surface area contributed by atoms with Gasteiger partial charge in [0.05, 0.1) is 4.90 Å². The number of guanidine groups is 1. The third-order valence-corrected chi connectivity index (χ3v) is 5.26. The van der Waals surface area contributed by atoms with E-state index in [9.17, 15) is 8.42 Å². The Balaban J connectivity index is 0.00000625. The molecule has 150 valence electrons. The van der Waals surface area contributed by atoms with Crippen molar-refractivity contribution in [3.05, 3.63) is 29.3 Å². The first-order valence-corrected chi connectivity index (χ1v) is 10.6. The quantitative estimate of drug-likeness (QED) is 0.312. The van der Waals surface area contributed by atoms with Crippen LogP contribution in [0.15, 0.2) is 28.1 Å². The van der Waals surface area contributed by atoms with E-state index in [1.54, 1.807) is 13.1 Å². The average Bonchev–Trinajstić information content (AvgIpc) is 2.54. The molecule has 1 aromatic carbocycles. The summed E-state index contributed by atoms with van der Waals surface area (Å²) >= 11 is 0. The van der Waals surface area contributed by atoms with Crippen molar-refractivity contribution in [2.45, 2.75) is 38.1 Å². The Morgan fingerprint density at radius 2 is 1.92 bits per heavy atom. The van der Waals surface area contributed by atoms with Gasteiger partial charge in [0.15, 0.2) is 15.8 Å². The molecule has 1 aromatic rings. The lowest BCUT2D eigenvalue weighted by Crippen LogP contribution is -2.40. The minimum atomic E-state index is -3.17. The summed E-state index contributed by atoms with van der Waals surface area (Å²) in [5.41, 5.74) is 1.79. The maximum Gasteiger partial charge on any atom is 0.191 e. The zero-order chi connectivity index (χ0) is 18.9. The van der Waals surface area contributed by atoms with Crippen LogP contribution in [0.1, 0.15) is 30.9 Å². The molecule has 0 aliphatic rings. The topological polar surface area (TPSA) is 73.8 Å². The third-order valence-electron chi connectivity index (χ3n) is 4.00. The number of aliphatic imine (C=N–C) groups is 1. The Hall–Kier alpha value is -0.870. The Kier molecular flexibility index (Phi) is 12.1. The van der Waals surface area contributed by atoms with Gasteiger partial charge in [0.1, 0.15) is 0 Å². The molecule has 0 aliphatic carbocycles. The van der Waals surface area contributed by atoms with Crippen LogP contribution in [0, 0.1) is 6.92 Å². The first-order chi connectivity index (χ1) is 11.8. The Labute approximate surface area is 175 Å². The molecule has 26 heavy (non-hydrogen) atoms. The van der Waals surface area contributed by atoms with Crippen LogP contribution in [0.4, 0.5) is 0 Å². The van der Waals surface area contributed by atoms with Crippen LogP contribution in [-0.4, -0.2) is 59.3 Å². The fourth-order valence-electron chi connectivity index (χ4n) is 2.55. The number of nitrogens with one attached hydrogen (secondary N) is 2. The molecule has 2 N–H and O–H groups in total. The van der Waals surface area contributed by atoms with Gasteiger partial charge in [0, 0.05) is 32.9 Å². The maximum atomic E-state index is 11.7. The molecular formula is C18H33IN4O2S. The number of sulfone groups is 1. The second-order valence-electron chi connectivity index (χ2n) is 6.38. The SMILES string of the molecule is CCCCN(C)CCNC(=NC)NCc1ccc(S(C)(=O)=O)c(C)c1.I. The Bertz CT molecular complexity index is 678. The lowest BCUT2D eigenvalue weighted by Gasteiger charge is -2.18. The predicted octanol–water partition coefficient (Wildman–Crippen LogP) is 2.41. The van der Waals surface area contributed by atoms with Crippen LogP contribution in [0.2, 0.25) is 0 Å². The molecule has 0 aliphatic heterocycles.